The highest BCUT2D eigenvalue weighted by Gasteiger charge is 2.29. The number of carbonyl (C=O) groups is 1. The van der Waals surface area contributed by atoms with Crippen molar-refractivity contribution in [3.8, 4) is 22.0 Å². The van der Waals surface area contributed by atoms with Gasteiger partial charge in [0.05, 0.1) is 16.7 Å². The largest absolute Gasteiger partial charge is 0.328 e. The summed E-state index contributed by atoms with van der Waals surface area (Å²) in [6.07, 6.45) is 1.96. The Balaban J connectivity index is 1.31. The second kappa shape index (κ2) is 8.80. The third-order valence-electron chi connectivity index (χ3n) is 5.89. The molecule has 36 heavy (non-hydrogen) atoms. The fraction of sp³-hybridized carbons (Fsp3) is 0.154. The summed E-state index contributed by atoms with van der Waals surface area (Å²) in [7, 11) is 0. The molecule has 0 radical (unpaired) electrons. The number of rotatable bonds is 6. The van der Waals surface area contributed by atoms with Crippen LogP contribution in [0.4, 0.5) is 25.3 Å². The molecule has 0 atom stereocenters. The van der Waals surface area contributed by atoms with E-state index in [1.165, 1.54) is 36.5 Å². The molecule has 0 aliphatic heterocycles. The number of carbonyl (C=O) groups excluding carboxylic acids is 1. The van der Waals surface area contributed by atoms with Crippen molar-refractivity contribution in [1.29, 1.82) is 0 Å². The molecular formula is C26H20F2N6OS. The molecule has 0 unspecified atom stereocenters. The number of amides is 1. The Morgan fingerprint density at radius 3 is 2.56 bits per heavy atom. The van der Waals surface area contributed by atoms with Crippen LogP contribution in [0.1, 0.15) is 25.8 Å². The van der Waals surface area contributed by atoms with Gasteiger partial charge in [0.25, 0.3) is 0 Å². The predicted octanol–water partition coefficient (Wildman–Crippen LogP) is 6.54. The first-order valence-electron chi connectivity index (χ1n) is 11.4. The molecule has 0 bridgehead atoms. The van der Waals surface area contributed by atoms with E-state index in [2.05, 4.69) is 20.8 Å². The smallest absolute Gasteiger partial charge is 0.221 e. The summed E-state index contributed by atoms with van der Waals surface area (Å²) in [6, 6.07) is 16.9. The molecule has 0 saturated heterocycles. The van der Waals surface area contributed by atoms with Crippen LogP contribution >= 0.6 is 11.3 Å². The van der Waals surface area contributed by atoms with Crippen molar-refractivity contribution in [2.75, 3.05) is 10.6 Å². The third-order valence-corrected chi connectivity index (χ3v) is 6.78. The molecule has 1 aliphatic rings. The average molecular weight is 503 g/mol. The molecule has 2 heterocycles. The van der Waals surface area contributed by atoms with E-state index < -0.39 is 5.82 Å². The standard InChI is InChI=1S/C26H20F2N6OS/c1-14(35)29-18-7-5-15(6-8-18)25-32-33-26(36-25)31-21-13-22-23(12-20(21)28)34(19-9-10-19)24(30-22)16-3-2-4-17(27)11-16/h2-8,11-13,19H,9-10H2,1H3,(H,29,35)(H,31,33). The molecule has 180 valence electrons. The summed E-state index contributed by atoms with van der Waals surface area (Å²) in [5.74, 6) is -0.294. The number of benzene rings is 3. The van der Waals surface area contributed by atoms with E-state index in [1.54, 1.807) is 24.3 Å². The van der Waals surface area contributed by atoms with E-state index in [4.69, 9.17) is 4.98 Å². The van der Waals surface area contributed by atoms with Gasteiger partial charge in [0.1, 0.15) is 22.5 Å². The van der Waals surface area contributed by atoms with Crippen LogP contribution in [0.2, 0.25) is 0 Å². The summed E-state index contributed by atoms with van der Waals surface area (Å²) < 4.78 is 31.1. The Kier molecular flexibility index (Phi) is 5.45. The van der Waals surface area contributed by atoms with Gasteiger partial charge in [-0.2, -0.15) is 0 Å². The van der Waals surface area contributed by atoms with Gasteiger partial charge in [0.2, 0.25) is 11.0 Å². The van der Waals surface area contributed by atoms with Gasteiger partial charge in [-0.25, -0.2) is 13.8 Å². The van der Waals surface area contributed by atoms with Crippen molar-refractivity contribution in [3.63, 3.8) is 0 Å². The Labute approximate surface area is 208 Å². The Morgan fingerprint density at radius 2 is 1.83 bits per heavy atom. The zero-order valence-corrected chi connectivity index (χ0v) is 19.9. The zero-order chi connectivity index (χ0) is 24.8. The summed E-state index contributed by atoms with van der Waals surface area (Å²) in [4.78, 5) is 15.9. The van der Waals surface area contributed by atoms with E-state index in [1.807, 2.05) is 22.8 Å². The normalized spacial score (nSPS) is 13.2. The van der Waals surface area contributed by atoms with Crippen LogP contribution in [0, 0.1) is 11.6 Å². The molecule has 1 saturated carbocycles. The summed E-state index contributed by atoms with van der Waals surface area (Å²) in [6.45, 7) is 1.45. The van der Waals surface area contributed by atoms with Crippen LogP contribution in [0.3, 0.4) is 0 Å². The molecule has 5 aromatic rings. The van der Waals surface area contributed by atoms with Gasteiger partial charge in [-0.15, -0.1) is 10.2 Å². The van der Waals surface area contributed by atoms with Gasteiger partial charge in [-0.3, -0.25) is 4.79 Å². The minimum atomic E-state index is -0.438. The Hall–Kier alpha value is -4.18. The van der Waals surface area contributed by atoms with E-state index in [-0.39, 0.29) is 23.5 Å². The highest BCUT2D eigenvalue weighted by Crippen LogP contribution is 2.42. The number of nitrogens with one attached hydrogen (secondary N) is 2. The van der Waals surface area contributed by atoms with Gasteiger partial charge in [-0.05, 0) is 55.3 Å². The summed E-state index contributed by atoms with van der Waals surface area (Å²) >= 11 is 1.28. The minimum Gasteiger partial charge on any atom is -0.328 e. The SMILES string of the molecule is CC(=O)Nc1ccc(-c2nnc(Nc3cc4nc(-c5cccc(F)c5)n(C5CC5)c4cc3F)s2)cc1. The number of imidazole rings is 1. The number of halogens is 2. The fourth-order valence-corrected chi connectivity index (χ4v) is 4.91. The first-order valence-corrected chi connectivity index (χ1v) is 12.2. The minimum absolute atomic E-state index is 0.144. The maximum absolute atomic E-state index is 15.2. The molecule has 2 aromatic heterocycles. The van der Waals surface area contributed by atoms with E-state index in [0.29, 0.717) is 38.2 Å². The highest BCUT2D eigenvalue weighted by atomic mass is 32.1. The number of nitrogens with zero attached hydrogens (tertiary/aromatic N) is 4. The van der Waals surface area contributed by atoms with Crippen LogP contribution in [0.25, 0.3) is 33.0 Å². The second-order valence-corrected chi connectivity index (χ2v) is 9.64. The fourth-order valence-electron chi connectivity index (χ4n) is 4.15. The first kappa shape index (κ1) is 22.3. The van der Waals surface area contributed by atoms with Crippen molar-refractivity contribution in [3.05, 3.63) is 72.3 Å². The molecule has 10 heteroatoms. The third kappa shape index (κ3) is 4.31. The maximum atomic E-state index is 15.2. The molecule has 6 rings (SSSR count). The van der Waals surface area contributed by atoms with Crippen molar-refractivity contribution in [2.24, 2.45) is 0 Å². The van der Waals surface area contributed by atoms with E-state index in [0.717, 1.165) is 18.4 Å². The van der Waals surface area contributed by atoms with E-state index in [9.17, 15) is 9.18 Å². The first-order chi connectivity index (χ1) is 17.4. The Bertz CT molecular complexity index is 1610. The van der Waals surface area contributed by atoms with Crippen molar-refractivity contribution >= 4 is 44.8 Å². The topological polar surface area (TPSA) is 84.7 Å². The van der Waals surface area contributed by atoms with Crippen LogP contribution in [0.5, 0.6) is 0 Å². The summed E-state index contributed by atoms with van der Waals surface area (Å²) in [5, 5.41) is 15.2. The predicted molar refractivity (Wildman–Crippen MR) is 136 cm³/mol. The van der Waals surface area contributed by atoms with Crippen LogP contribution in [0.15, 0.2) is 60.7 Å². The molecule has 2 N–H and O–H groups in total. The van der Waals surface area contributed by atoms with Crippen molar-refractivity contribution in [2.45, 2.75) is 25.8 Å². The Morgan fingerprint density at radius 1 is 1.03 bits per heavy atom. The van der Waals surface area contributed by atoms with Crippen molar-refractivity contribution < 1.29 is 13.6 Å². The van der Waals surface area contributed by atoms with E-state index >= 15 is 4.39 Å². The van der Waals surface area contributed by atoms with Gasteiger partial charge in [-0.1, -0.05) is 23.5 Å². The second-order valence-electron chi connectivity index (χ2n) is 8.66. The number of aromatic nitrogens is 4. The van der Waals surface area contributed by atoms with Gasteiger partial charge >= 0.3 is 0 Å². The molecule has 1 aliphatic carbocycles. The molecule has 0 spiro atoms. The summed E-state index contributed by atoms with van der Waals surface area (Å²) in [5.41, 5.74) is 3.70. The van der Waals surface area contributed by atoms with Gasteiger partial charge in [0.15, 0.2) is 0 Å². The van der Waals surface area contributed by atoms with Gasteiger partial charge in [0, 0.05) is 35.8 Å². The van der Waals surface area contributed by atoms with Crippen LogP contribution < -0.4 is 10.6 Å². The quantitative estimate of drug-likeness (QED) is 0.276. The molecular weight excluding hydrogens is 482 g/mol. The lowest BCUT2D eigenvalue weighted by atomic mass is 10.2. The number of fused-ring (bicyclic) bond motifs is 1. The molecule has 1 amide bonds. The lowest BCUT2D eigenvalue weighted by Crippen LogP contribution is -2.05. The lowest BCUT2D eigenvalue weighted by molar-refractivity contribution is -0.114. The maximum Gasteiger partial charge on any atom is 0.221 e. The average Bonchev–Trinajstić information content (AvgIpc) is 3.47. The number of anilines is 3. The molecule has 3 aromatic carbocycles. The zero-order valence-electron chi connectivity index (χ0n) is 19.1. The van der Waals surface area contributed by atoms with Crippen LogP contribution in [-0.2, 0) is 4.79 Å². The van der Waals surface area contributed by atoms with Crippen molar-refractivity contribution in [1.82, 2.24) is 19.7 Å². The number of hydrogen-bond donors (Lipinski definition) is 2. The van der Waals surface area contributed by atoms with Gasteiger partial charge < -0.3 is 15.2 Å². The monoisotopic (exact) mass is 502 g/mol. The number of hydrogen-bond acceptors (Lipinski definition) is 6. The molecule has 1 fully saturated rings. The van der Waals surface area contributed by atoms with Crippen LogP contribution in [-0.4, -0.2) is 25.7 Å². The molecule has 7 nitrogen and oxygen atoms in total. The lowest BCUT2D eigenvalue weighted by Gasteiger charge is -2.09. The highest BCUT2D eigenvalue weighted by molar-refractivity contribution is 7.18.